The van der Waals surface area contributed by atoms with Crippen molar-refractivity contribution in [3.05, 3.63) is 218 Å². The molecular formula is C56H36N2S. The molecule has 2 heterocycles. The predicted octanol–water partition coefficient (Wildman–Crippen LogP) is 16.3. The molecule has 0 amide bonds. The lowest BCUT2D eigenvalue weighted by molar-refractivity contribution is 1.19. The Hall–Kier alpha value is -7.46. The first-order valence-corrected chi connectivity index (χ1v) is 21.0. The molecule has 0 aliphatic heterocycles. The van der Waals surface area contributed by atoms with E-state index in [-0.39, 0.29) is 0 Å². The molecule has 2 aromatic heterocycles. The van der Waals surface area contributed by atoms with Gasteiger partial charge in [0.1, 0.15) is 0 Å². The Morgan fingerprint density at radius 2 is 0.966 bits per heavy atom. The van der Waals surface area contributed by atoms with Crippen LogP contribution in [0.25, 0.3) is 91.5 Å². The molecule has 12 rings (SSSR count). The predicted molar refractivity (Wildman–Crippen MR) is 254 cm³/mol. The van der Waals surface area contributed by atoms with Gasteiger partial charge in [0.25, 0.3) is 0 Å². The van der Waals surface area contributed by atoms with E-state index in [9.17, 15) is 0 Å². The molecule has 0 radical (unpaired) electrons. The summed E-state index contributed by atoms with van der Waals surface area (Å²) >= 11 is 1.86. The molecule has 0 fully saturated rings. The Balaban J connectivity index is 1.05. The summed E-state index contributed by atoms with van der Waals surface area (Å²) in [6.45, 7) is 0. The minimum atomic E-state index is 1.11. The first-order chi connectivity index (χ1) is 29.3. The normalized spacial score (nSPS) is 11.7. The number of nitrogens with zero attached hydrogens (tertiary/aromatic N) is 2. The minimum absolute atomic E-state index is 1.11. The van der Waals surface area contributed by atoms with Gasteiger partial charge in [-0.25, -0.2) is 0 Å². The van der Waals surface area contributed by atoms with Crippen LogP contribution in [0.4, 0.5) is 17.1 Å². The number of thiophene rings is 1. The van der Waals surface area contributed by atoms with Crippen molar-refractivity contribution in [2.24, 2.45) is 0 Å². The summed E-state index contributed by atoms with van der Waals surface area (Å²) < 4.78 is 5.03. The Morgan fingerprint density at radius 3 is 1.76 bits per heavy atom. The van der Waals surface area contributed by atoms with Gasteiger partial charge in [0, 0.05) is 59.1 Å². The second kappa shape index (κ2) is 13.6. The van der Waals surface area contributed by atoms with Gasteiger partial charge in [0.15, 0.2) is 0 Å². The highest BCUT2D eigenvalue weighted by Crippen LogP contribution is 2.44. The molecular weight excluding hydrogens is 733 g/mol. The van der Waals surface area contributed by atoms with E-state index >= 15 is 0 Å². The average Bonchev–Trinajstić information content (AvgIpc) is 3.85. The summed E-state index contributed by atoms with van der Waals surface area (Å²) in [4.78, 5) is 2.42. The molecule has 12 aromatic rings. The first-order valence-electron chi connectivity index (χ1n) is 20.2. The van der Waals surface area contributed by atoms with Crippen LogP contribution in [0.3, 0.4) is 0 Å². The van der Waals surface area contributed by atoms with Crippen LogP contribution in [-0.2, 0) is 0 Å². The third-order valence-corrected chi connectivity index (χ3v) is 13.1. The van der Waals surface area contributed by atoms with Gasteiger partial charge in [0.2, 0.25) is 0 Å². The van der Waals surface area contributed by atoms with E-state index in [2.05, 4.69) is 228 Å². The molecule has 3 heteroatoms. The zero-order valence-electron chi connectivity index (χ0n) is 32.1. The van der Waals surface area contributed by atoms with Crippen molar-refractivity contribution in [2.75, 3.05) is 4.90 Å². The number of rotatable bonds is 6. The maximum Gasteiger partial charge on any atom is 0.0619 e. The SMILES string of the molecule is c1ccc(-c2cccc3cccc(-c4ccc(N(c5ccc6c(ccc7c8ccccc8n(-c8ccccc8)c67)c5)c5ccc6sc7ccccc7c6c5)cc4)c23)cc1. The number of fused-ring (bicyclic) bond motifs is 9. The largest absolute Gasteiger partial charge is 0.310 e. The van der Waals surface area contributed by atoms with E-state index in [1.54, 1.807) is 0 Å². The highest BCUT2D eigenvalue weighted by molar-refractivity contribution is 7.25. The smallest absolute Gasteiger partial charge is 0.0619 e. The van der Waals surface area contributed by atoms with Gasteiger partial charge in [-0.1, -0.05) is 152 Å². The van der Waals surface area contributed by atoms with Crippen molar-refractivity contribution in [1.82, 2.24) is 4.57 Å². The average molecular weight is 769 g/mol. The van der Waals surface area contributed by atoms with Gasteiger partial charge < -0.3 is 9.47 Å². The fourth-order valence-corrected chi connectivity index (χ4v) is 10.4. The topological polar surface area (TPSA) is 8.17 Å². The van der Waals surface area contributed by atoms with Crippen LogP contribution in [0.15, 0.2) is 218 Å². The molecule has 59 heavy (non-hydrogen) atoms. The molecule has 0 aliphatic carbocycles. The summed E-state index contributed by atoms with van der Waals surface area (Å²) in [5, 5.41) is 10.0. The van der Waals surface area contributed by atoms with E-state index in [1.807, 2.05) is 11.3 Å². The third kappa shape index (κ3) is 5.47. The van der Waals surface area contributed by atoms with Crippen molar-refractivity contribution in [3.8, 4) is 27.9 Å². The number of anilines is 3. The van der Waals surface area contributed by atoms with Gasteiger partial charge in [-0.05, 0) is 105 Å². The van der Waals surface area contributed by atoms with E-state index < -0.39 is 0 Å². The number of para-hydroxylation sites is 2. The molecule has 0 spiro atoms. The summed E-state index contributed by atoms with van der Waals surface area (Å²) in [5.74, 6) is 0. The van der Waals surface area contributed by atoms with Crippen LogP contribution in [0, 0.1) is 0 Å². The molecule has 10 aromatic carbocycles. The third-order valence-electron chi connectivity index (χ3n) is 12.0. The van der Waals surface area contributed by atoms with Crippen molar-refractivity contribution in [2.45, 2.75) is 0 Å². The molecule has 0 saturated carbocycles. The van der Waals surface area contributed by atoms with Gasteiger partial charge in [0.05, 0.1) is 11.0 Å². The Bertz CT molecular complexity index is 3540. The molecule has 276 valence electrons. The van der Waals surface area contributed by atoms with Gasteiger partial charge in [-0.2, -0.15) is 0 Å². The fourth-order valence-electron chi connectivity index (χ4n) is 9.29. The van der Waals surface area contributed by atoms with Crippen molar-refractivity contribution in [3.63, 3.8) is 0 Å². The Labute approximate surface area is 346 Å². The molecule has 0 aliphatic rings. The molecule has 0 N–H and O–H groups in total. The summed E-state index contributed by atoms with van der Waals surface area (Å²) in [5.41, 5.74) is 11.8. The second-order valence-electron chi connectivity index (χ2n) is 15.3. The van der Waals surface area contributed by atoms with E-state index in [0.717, 1.165) is 22.7 Å². The quantitative estimate of drug-likeness (QED) is 0.164. The number of hydrogen-bond donors (Lipinski definition) is 0. The fraction of sp³-hybridized carbons (Fsp3) is 0. The lowest BCUT2D eigenvalue weighted by atomic mass is 9.91. The highest BCUT2D eigenvalue weighted by atomic mass is 32.1. The Morgan fingerprint density at radius 1 is 0.356 bits per heavy atom. The van der Waals surface area contributed by atoms with Crippen LogP contribution < -0.4 is 4.90 Å². The van der Waals surface area contributed by atoms with E-state index in [4.69, 9.17) is 0 Å². The number of benzene rings is 10. The van der Waals surface area contributed by atoms with Gasteiger partial charge in [-0.3, -0.25) is 0 Å². The van der Waals surface area contributed by atoms with Crippen LogP contribution in [0.5, 0.6) is 0 Å². The summed E-state index contributed by atoms with van der Waals surface area (Å²) in [6.07, 6.45) is 0. The lowest BCUT2D eigenvalue weighted by Gasteiger charge is -2.26. The second-order valence-corrected chi connectivity index (χ2v) is 16.4. The molecule has 0 unspecified atom stereocenters. The zero-order chi connectivity index (χ0) is 38.9. The van der Waals surface area contributed by atoms with Gasteiger partial charge in [-0.15, -0.1) is 11.3 Å². The molecule has 0 bridgehead atoms. The van der Waals surface area contributed by atoms with Gasteiger partial charge >= 0.3 is 0 Å². The first kappa shape index (κ1) is 33.7. The van der Waals surface area contributed by atoms with Crippen LogP contribution in [-0.4, -0.2) is 4.57 Å². The van der Waals surface area contributed by atoms with Crippen LogP contribution in [0.1, 0.15) is 0 Å². The van der Waals surface area contributed by atoms with E-state index in [1.165, 1.54) is 85.8 Å². The highest BCUT2D eigenvalue weighted by Gasteiger charge is 2.19. The molecule has 0 atom stereocenters. The number of aromatic nitrogens is 1. The Kier molecular flexibility index (Phi) is 7.75. The number of hydrogen-bond acceptors (Lipinski definition) is 2. The molecule has 0 saturated heterocycles. The maximum absolute atomic E-state index is 2.43. The van der Waals surface area contributed by atoms with Crippen molar-refractivity contribution >= 4 is 91.9 Å². The van der Waals surface area contributed by atoms with E-state index in [0.29, 0.717) is 0 Å². The molecule has 2 nitrogen and oxygen atoms in total. The zero-order valence-corrected chi connectivity index (χ0v) is 32.9. The van der Waals surface area contributed by atoms with Crippen LogP contribution >= 0.6 is 11.3 Å². The summed E-state index contributed by atoms with van der Waals surface area (Å²) in [7, 11) is 0. The minimum Gasteiger partial charge on any atom is -0.310 e. The van der Waals surface area contributed by atoms with Crippen LogP contribution in [0.2, 0.25) is 0 Å². The van der Waals surface area contributed by atoms with Crippen molar-refractivity contribution in [1.29, 1.82) is 0 Å². The summed E-state index contributed by atoms with van der Waals surface area (Å²) in [6, 6.07) is 80.0. The standard InChI is InChI=1S/C56H36N2S/c1-3-13-37(14-4-1)45-21-11-15-39-16-12-22-46(55(39)45)38-25-28-42(29-26-38)57(44-31-34-54-51(36-44)49-20-8-10-24-53(49)59-54)43-30-33-47-40(35-43)27-32-50-48-19-7-9-23-52(48)58(56(47)50)41-17-5-2-6-18-41/h1-36H. The lowest BCUT2D eigenvalue weighted by Crippen LogP contribution is -2.10. The maximum atomic E-state index is 2.43. The van der Waals surface area contributed by atoms with Crippen molar-refractivity contribution < 1.29 is 0 Å². The monoisotopic (exact) mass is 768 g/mol.